The molecule has 6 heteroatoms. The summed E-state index contributed by atoms with van der Waals surface area (Å²) in [6.45, 7) is -0.00782. The smallest absolute Gasteiger partial charge is 0.313 e. The molecule has 0 spiro atoms. The molecule has 0 radical (unpaired) electrons. The van der Waals surface area contributed by atoms with Crippen molar-refractivity contribution in [1.29, 1.82) is 0 Å². The van der Waals surface area contributed by atoms with Gasteiger partial charge in [-0.05, 0) is 0 Å². The highest BCUT2D eigenvalue weighted by Gasteiger charge is 2.41. The Morgan fingerprint density at radius 2 is 1.92 bits per heavy atom. The van der Waals surface area contributed by atoms with E-state index in [0.717, 1.165) is 0 Å². The lowest BCUT2D eigenvalue weighted by molar-refractivity contribution is -0.164. The van der Waals surface area contributed by atoms with E-state index >= 15 is 0 Å². The number of rotatable bonds is 1. The fourth-order valence-electron chi connectivity index (χ4n) is 1.20. The molecule has 0 bridgehead atoms. The van der Waals surface area contributed by atoms with Crippen molar-refractivity contribution in [3.05, 3.63) is 0 Å². The Bertz CT molecular complexity index is 185. The number of aliphatic carboxylic acids is 1. The summed E-state index contributed by atoms with van der Waals surface area (Å²) in [5, 5.41) is 38.1. The average molecular weight is 177 g/mol. The molecule has 1 heterocycles. The Hall–Kier alpha value is -0.690. The molecule has 70 valence electrons. The number of β-amino-alcohol motifs (C(OH)–C–C–N with tert-alkyl or cyclic N) is 1. The van der Waals surface area contributed by atoms with Gasteiger partial charge in [0.2, 0.25) is 0 Å². The van der Waals surface area contributed by atoms with Crippen LogP contribution in [0, 0.1) is 5.92 Å². The van der Waals surface area contributed by atoms with Crippen LogP contribution < -0.4 is 5.32 Å². The maximum Gasteiger partial charge on any atom is 0.313 e. The molecule has 0 saturated carbocycles. The van der Waals surface area contributed by atoms with Crippen LogP contribution in [0.5, 0.6) is 0 Å². The quantitative estimate of drug-likeness (QED) is 0.299. The van der Waals surface area contributed by atoms with Gasteiger partial charge in [0, 0.05) is 6.54 Å². The van der Waals surface area contributed by atoms with E-state index in [9.17, 15) is 4.79 Å². The molecule has 0 aromatic carbocycles. The van der Waals surface area contributed by atoms with Crippen LogP contribution in [0.1, 0.15) is 0 Å². The van der Waals surface area contributed by atoms with E-state index in [4.69, 9.17) is 20.4 Å². The second-order valence-electron chi connectivity index (χ2n) is 2.78. The fourth-order valence-corrected chi connectivity index (χ4v) is 1.20. The Balaban J connectivity index is 2.71. The molecule has 1 rings (SSSR count). The van der Waals surface area contributed by atoms with Gasteiger partial charge in [-0.25, -0.2) is 0 Å². The zero-order valence-corrected chi connectivity index (χ0v) is 6.21. The average Bonchev–Trinajstić information content (AvgIpc) is 1.97. The van der Waals surface area contributed by atoms with Gasteiger partial charge in [0.05, 0.1) is 12.2 Å². The molecule has 1 aliphatic heterocycles. The van der Waals surface area contributed by atoms with Crippen molar-refractivity contribution in [2.75, 3.05) is 6.54 Å². The van der Waals surface area contributed by atoms with E-state index < -0.39 is 30.3 Å². The van der Waals surface area contributed by atoms with E-state index in [2.05, 4.69) is 5.32 Å². The van der Waals surface area contributed by atoms with Gasteiger partial charge >= 0.3 is 5.97 Å². The van der Waals surface area contributed by atoms with Crippen LogP contribution in [-0.4, -0.2) is 51.4 Å². The maximum atomic E-state index is 10.4. The molecule has 0 aromatic rings. The summed E-state index contributed by atoms with van der Waals surface area (Å²) in [5.74, 6) is -2.70. The van der Waals surface area contributed by atoms with Crippen molar-refractivity contribution in [2.24, 2.45) is 5.92 Å². The summed E-state index contributed by atoms with van der Waals surface area (Å²) in [4.78, 5) is 10.4. The second-order valence-corrected chi connectivity index (χ2v) is 2.78. The summed E-state index contributed by atoms with van der Waals surface area (Å²) in [7, 11) is 0. The summed E-state index contributed by atoms with van der Waals surface area (Å²) >= 11 is 0. The molecule has 0 aromatic heterocycles. The molecule has 5 N–H and O–H groups in total. The molecule has 1 fully saturated rings. The predicted octanol–water partition coefficient (Wildman–Crippen LogP) is -2.67. The van der Waals surface area contributed by atoms with Crippen molar-refractivity contribution in [3.63, 3.8) is 0 Å². The van der Waals surface area contributed by atoms with Crippen molar-refractivity contribution < 1.29 is 25.2 Å². The van der Waals surface area contributed by atoms with Crippen molar-refractivity contribution in [3.8, 4) is 0 Å². The third kappa shape index (κ3) is 1.56. The highest BCUT2D eigenvalue weighted by molar-refractivity contribution is 5.71. The van der Waals surface area contributed by atoms with Crippen LogP contribution in [0.4, 0.5) is 0 Å². The zero-order valence-electron chi connectivity index (χ0n) is 6.21. The summed E-state index contributed by atoms with van der Waals surface area (Å²) in [6, 6.07) is 0. The number of carbonyl (C=O) groups is 1. The molecule has 1 saturated heterocycles. The number of hydrogen-bond acceptors (Lipinski definition) is 5. The van der Waals surface area contributed by atoms with E-state index in [1.165, 1.54) is 0 Å². The fraction of sp³-hybridized carbons (Fsp3) is 0.833. The first kappa shape index (κ1) is 9.40. The topological polar surface area (TPSA) is 110 Å². The Kier molecular flexibility index (Phi) is 2.63. The van der Waals surface area contributed by atoms with Gasteiger partial charge < -0.3 is 20.4 Å². The van der Waals surface area contributed by atoms with Gasteiger partial charge in [-0.3, -0.25) is 10.1 Å². The van der Waals surface area contributed by atoms with Crippen LogP contribution >= 0.6 is 0 Å². The second kappa shape index (κ2) is 3.36. The largest absolute Gasteiger partial charge is 0.481 e. The Labute approximate surface area is 68.4 Å². The number of carboxylic acids is 1. The summed E-state index contributed by atoms with van der Waals surface area (Å²) < 4.78 is 0. The third-order valence-corrected chi connectivity index (χ3v) is 1.92. The number of aliphatic hydroxyl groups is 3. The minimum absolute atomic E-state index is 0.00782. The molecular formula is C6H11NO5. The zero-order chi connectivity index (χ0) is 9.30. The lowest BCUT2D eigenvalue weighted by Gasteiger charge is -2.33. The first-order valence-corrected chi connectivity index (χ1v) is 3.54. The number of piperidine rings is 1. The lowest BCUT2D eigenvalue weighted by Crippen LogP contribution is -2.58. The van der Waals surface area contributed by atoms with Crippen molar-refractivity contribution in [2.45, 2.75) is 18.4 Å². The standard InChI is InChI=1S/C6H11NO5/c8-2-1-7-5(10)3(4(2)9)6(11)12/h2-5,7-10H,1H2,(H,11,12). The summed E-state index contributed by atoms with van der Waals surface area (Å²) in [6.07, 6.45) is -3.87. The third-order valence-electron chi connectivity index (χ3n) is 1.92. The van der Waals surface area contributed by atoms with Gasteiger partial charge in [-0.2, -0.15) is 0 Å². The normalized spacial score (nSPS) is 42.6. The minimum atomic E-state index is -1.42. The number of hydrogen-bond donors (Lipinski definition) is 5. The molecular weight excluding hydrogens is 166 g/mol. The van der Waals surface area contributed by atoms with Gasteiger partial charge in [0.25, 0.3) is 0 Å². The Morgan fingerprint density at radius 1 is 1.33 bits per heavy atom. The van der Waals surface area contributed by atoms with Crippen LogP contribution in [-0.2, 0) is 4.79 Å². The van der Waals surface area contributed by atoms with Crippen molar-refractivity contribution in [1.82, 2.24) is 5.32 Å². The van der Waals surface area contributed by atoms with Gasteiger partial charge in [-0.15, -0.1) is 0 Å². The van der Waals surface area contributed by atoms with E-state index in [1.54, 1.807) is 0 Å². The molecule has 4 atom stereocenters. The number of carboxylic acid groups (broad SMARTS) is 1. The van der Waals surface area contributed by atoms with Gasteiger partial charge in [0.1, 0.15) is 12.1 Å². The maximum absolute atomic E-state index is 10.4. The highest BCUT2D eigenvalue weighted by atomic mass is 16.4. The number of aliphatic hydroxyl groups excluding tert-OH is 3. The van der Waals surface area contributed by atoms with Crippen LogP contribution in [0.3, 0.4) is 0 Å². The highest BCUT2D eigenvalue weighted by Crippen LogP contribution is 2.16. The minimum Gasteiger partial charge on any atom is -0.481 e. The van der Waals surface area contributed by atoms with E-state index in [1.807, 2.05) is 0 Å². The molecule has 4 unspecified atom stereocenters. The first-order valence-electron chi connectivity index (χ1n) is 3.54. The monoisotopic (exact) mass is 177 g/mol. The Morgan fingerprint density at radius 3 is 2.33 bits per heavy atom. The molecule has 0 amide bonds. The van der Waals surface area contributed by atoms with Gasteiger partial charge in [-0.1, -0.05) is 0 Å². The summed E-state index contributed by atoms with van der Waals surface area (Å²) in [5.41, 5.74) is 0. The van der Waals surface area contributed by atoms with Crippen LogP contribution in [0.25, 0.3) is 0 Å². The molecule has 6 nitrogen and oxygen atoms in total. The predicted molar refractivity (Wildman–Crippen MR) is 37.1 cm³/mol. The molecule has 12 heavy (non-hydrogen) atoms. The number of nitrogens with one attached hydrogen (secondary N) is 1. The van der Waals surface area contributed by atoms with Crippen LogP contribution in [0.2, 0.25) is 0 Å². The lowest BCUT2D eigenvalue weighted by atomic mass is 9.92. The van der Waals surface area contributed by atoms with Crippen LogP contribution in [0.15, 0.2) is 0 Å². The SMILES string of the molecule is O=C(O)C1C(O)NCC(O)C1O. The van der Waals surface area contributed by atoms with Crippen molar-refractivity contribution >= 4 is 5.97 Å². The molecule has 0 aliphatic carbocycles. The molecule has 1 aliphatic rings. The van der Waals surface area contributed by atoms with E-state index in [0.29, 0.717) is 0 Å². The first-order chi connectivity index (χ1) is 5.54. The van der Waals surface area contributed by atoms with Gasteiger partial charge in [0.15, 0.2) is 0 Å². The van der Waals surface area contributed by atoms with E-state index in [-0.39, 0.29) is 6.54 Å².